The number of hydrogen-bond donors (Lipinski definition) is 2. The van der Waals surface area contributed by atoms with Gasteiger partial charge in [0.1, 0.15) is 11.4 Å². The van der Waals surface area contributed by atoms with Crippen LogP contribution in [0.1, 0.15) is 5.56 Å². The molecule has 0 unspecified atom stereocenters. The minimum Gasteiger partial charge on any atom is -0.482 e. The highest BCUT2D eigenvalue weighted by atomic mass is 16.6. The van der Waals surface area contributed by atoms with E-state index in [1.807, 2.05) is 0 Å². The van der Waals surface area contributed by atoms with Crippen LogP contribution in [-0.2, 0) is 4.79 Å². The van der Waals surface area contributed by atoms with Crippen molar-refractivity contribution >= 4 is 29.2 Å². The number of benzene rings is 2. The molecule has 2 rings (SSSR count). The summed E-state index contributed by atoms with van der Waals surface area (Å²) in [6.45, 7) is -0.492. The molecule has 0 saturated carbocycles. The van der Waals surface area contributed by atoms with E-state index in [2.05, 4.69) is 10.5 Å². The Kier molecular flexibility index (Phi) is 5.77. The van der Waals surface area contributed by atoms with Crippen molar-refractivity contribution in [2.45, 2.75) is 0 Å². The van der Waals surface area contributed by atoms with E-state index in [9.17, 15) is 25.0 Å². The van der Waals surface area contributed by atoms with Gasteiger partial charge in [-0.1, -0.05) is 12.1 Å². The second-order valence-corrected chi connectivity index (χ2v) is 4.84. The molecule has 11 heteroatoms. The van der Waals surface area contributed by atoms with Gasteiger partial charge in [-0.3, -0.25) is 25.7 Å². The van der Waals surface area contributed by atoms with Gasteiger partial charge in [0.25, 0.3) is 5.69 Å². The Morgan fingerprint density at radius 2 is 1.96 bits per heavy atom. The van der Waals surface area contributed by atoms with Crippen LogP contribution in [0, 0.1) is 20.2 Å². The van der Waals surface area contributed by atoms with Gasteiger partial charge in [-0.2, -0.15) is 5.10 Å². The molecular weight excluding hydrogens is 348 g/mol. The molecule has 11 nitrogen and oxygen atoms in total. The third-order valence-corrected chi connectivity index (χ3v) is 3.01. The van der Waals surface area contributed by atoms with Crippen LogP contribution < -0.4 is 10.2 Å². The molecule has 0 aromatic heterocycles. The highest BCUT2D eigenvalue weighted by Gasteiger charge is 2.19. The van der Waals surface area contributed by atoms with E-state index in [4.69, 9.17) is 9.84 Å². The van der Waals surface area contributed by atoms with E-state index in [1.165, 1.54) is 18.3 Å². The van der Waals surface area contributed by atoms with Crippen molar-refractivity contribution in [2.24, 2.45) is 5.10 Å². The molecule has 0 saturated heterocycles. The fourth-order valence-corrected chi connectivity index (χ4v) is 1.89. The van der Waals surface area contributed by atoms with Gasteiger partial charge in [0, 0.05) is 6.07 Å². The lowest BCUT2D eigenvalue weighted by molar-refractivity contribution is -0.393. The molecule has 134 valence electrons. The first kappa shape index (κ1) is 18.3. The molecule has 0 atom stereocenters. The highest BCUT2D eigenvalue weighted by Crippen LogP contribution is 2.28. The second kappa shape index (κ2) is 8.19. The Balaban J connectivity index is 2.13. The monoisotopic (exact) mass is 360 g/mol. The lowest BCUT2D eigenvalue weighted by atomic mass is 10.2. The third kappa shape index (κ3) is 4.99. The zero-order valence-corrected chi connectivity index (χ0v) is 13.1. The predicted molar refractivity (Wildman–Crippen MR) is 90.5 cm³/mol. The number of hydrogen-bond acceptors (Lipinski definition) is 8. The van der Waals surface area contributed by atoms with E-state index in [0.29, 0.717) is 11.3 Å². The minimum absolute atomic E-state index is 0.0184. The number of ether oxygens (including phenoxy) is 1. The quantitative estimate of drug-likeness (QED) is 0.412. The third-order valence-electron chi connectivity index (χ3n) is 3.01. The van der Waals surface area contributed by atoms with Crippen molar-refractivity contribution in [3.05, 3.63) is 68.3 Å². The van der Waals surface area contributed by atoms with Gasteiger partial charge in [-0.25, -0.2) is 4.79 Å². The van der Waals surface area contributed by atoms with E-state index >= 15 is 0 Å². The highest BCUT2D eigenvalue weighted by molar-refractivity contribution is 5.81. The normalized spacial score (nSPS) is 10.5. The average Bonchev–Trinajstić information content (AvgIpc) is 2.60. The van der Waals surface area contributed by atoms with E-state index in [0.717, 1.165) is 12.1 Å². The van der Waals surface area contributed by atoms with Crippen LogP contribution in [0.15, 0.2) is 47.6 Å². The molecule has 2 N–H and O–H groups in total. The number of rotatable bonds is 8. The van der Waals surface area contributed by atoms with Crippen molar-refractivity contribution in [1.82, 2.24) is 0 Å². The van der Waals surface area contributed by atoms with E-state index < -0.39 is 33.8 Å². The minimum atomic E-state index is -1.11. The van der Waals surface area contributed by atoms with Crippen LogP contribution in [0.2, 0.25) is 0 Å². The van der Waals surface area contributed by atoms with Gasteiger partial charge in [-0.05, 0) is 23.8 Å². The lowest BCUT2D eigenvalue weighted by Gasteiger charge is -2.04. The topological polar surface area (TPSA) is 157 Å². The number of hydrazone groups is 1. The van der Waals surface area contributed by atoms with Gasteiger partial charge in [0.15, 0.2) is 6.61 Å². The van der Waals surface area contributed by atoms with Crippen LogP contribution in [-0.4, -0.2) is 33.7 Å². The number of non-ortho nitro benzene ring substituents is 1. The summed E-state index contributed by atoms with van der Waals surface area (Å²) in [5, 5.41) is 34.1. The number of nitrogens with zero attached hydrogens (tertiary/aromatic N) is 3. The van der Waals surface area contributed by atoms with Crippen molar-refractivity contribution in [2.75, 3.05) is 12.0 Å². The molecule has 0 fully saturated rings. The summed E-state index contributed by atoms with van der Waals surface area (Å²) >= 11 is 0. The number of carbonyl (C=O) groups is 1. The molecule has 0 aliphatic carbocycles. The Bertz CT molecular complexity index is 882. The molecule has 26 heavy (non-hydrogen) atoms. The fraction of sp³-hybridized carbons (Fsp3) is 0.0667. The Hall–Kier alpha value is -4.02. The standard InChI is InChI=1S/C15H12N4O7/c20-15(21)9-26-12-3-1-2-10(6-12)8-16-17-13-5-4-11(18(22)23)7-14(13)19(24)25/h1-8,17H,9H2,(H,20,21)/b16-8-. The maximum absolute atomic E-state index is 11.0. The largest absolute Gasteiger partial charge is 0.482 e. The number of nitrogens with one attached hydrogen (secondary N) is 1. The van der Waals surface area contributed by atoms with Crippen molar-refractivity contribution in [3.63, 3.8) is 0 Å². The summed E-state index contributed by atoms with van der Waals surface area (Å²) in [4.78, 5) is 30.7. The Morgan fingerprint density at radius 1 is 1.19 bits per heavy atom. The van der Waals surface area contributed by atoms with Gasteiger partial charge in [0.05, 0.1) is 22.1 Å². The molecule has 2 aromatic rings. The Labute approximate surface area is 145 Å². The van der Waals surface area contributed by atoms with Gasteiger partial charge < -0.3 is 9.84 Å². The Morgan fingerprint density at radius 3 is 2.62 bits per heavy atom. The maximum Gasteiger partial charge on any atom is 0.341 e. The predicted octanol–water partition coefficient (Wildman–Crippen LogP) is 2.41. The summed E-state index contributed by atoms with van der Waals surface area (Å²) in [5.74, 6) is -0.797. The molecule has 0 heterocycles. The summed E-state index contributed by atoms with van der Waals surface area (Å²) in [6.07, 6.45) is 1.33. The van der Waals surface area contributed by atoms with Crippen LogP contribution >= 0.6 is 0 Å². The van der Waals surface area contributed by atoms with Gasteiger partial charge in [-0.15, -0.1) is 0 Å². The first-order valence-electron chi connectivity index (χ1n) is 7.03. The first-order valence-corrected chi connectivity index (χ1v) is 7.03. The smallest absolute Gasteiger partial charge is 0.341 e. The average molecular weight is 360 g/mol. The summed E-state index contributed by atoms with van der Waals surface area (Å²) in [7, 11) is 0. The maximum atomic E-state index is 11.0. The molecule has 0 radical (unpaired) electrons. The molecule has 0 bridgehead atoms. The molecule has 0 spiro atoms. The number of carboxylic acids is 1. The number of carboxylic acid groups (broad SMARTS) is 1. The van der Waals surface area contributed by atoms with Crippen LogP contribution in [0.25, 0.3) is 0 Å². The van der Waals surface area contributed by atoms with Crippen LogP contribution in [0.3, 0.4) is 0 Å². The van der Waals surface area contributed by atoms with Crippen LogP contribution in [0.5, 0.6) is 5.75 Å². The van der Waals surface area contributed by atoms with E-state index in [-0.39, 0.29) is 5.69 Å². The fourth-order valence-electron chi connectivity index (χ4n) is 1.89. The number of nitro groups is 2. The number of anilines is 1. The summed E-state index contributed by atoms with van der Waals surface area (Å²) in [5.41, 5.74) is 2.08. The number of nitro benzene ring substituents is 2. The van der Waals surface area contributed by atoms with Crippen molar-refractivity contribution < 1.29 is 24.5 Å². The molecule has 2 aromatic carbocycles. The zero-order valence-electron chi connectivity index (χ0n) is 13.1. The van der Waals surface area contributed by atoms with Gasteiger partial charge >= 0.3 is 11.7 Å². The molecular formula is C15H12N4O7. The lowest BCUT2D eigenvalue weighted by Crippen LogP contribution is -2.09. The van der Waals surface area contributed by atoms with Gasteiger partial charge in [0.2, 0.25) is 0 Å². The molecule has 0 amide bonds. The van der Waals surface area contributed by atoms with Crippen molar-refractivity contribution in [3.8, 4) is 5.75 Å². The first-order chi connectivity index (χ1) is 12.4. The number of aliphatic carboxylic acids is 1. The van der Waals surface area contributed by atoms with Crippen LogP contribution in [0.4, 0.5) is 17.1 Å². The molecule has 0 aliphatic heterocycles. The van der Waals surface area contributed by atoms with E-state index in [1.54, 1.807) is 18.2 Å². The second-order valence-electron chi connectivity index (χ2n) is 4.84. The zero-order chi connectivity index (χ0) is 19.1. The SMILES string of the molecule is O=C(O)COc1cccc(/C=N\Nc2ccc([N+](=O)[O-])cc2[N+](=O)[O-])c1. The molecule has 0 aliphatic rings. The van der Waals surface area contributed by atoms with Crippen molar-refractivity contribution in [1.29, 1.82) is 0 Å². The summed E-state index contributed by atoms with van der Waals surface area (Å²) in [6, 6.07) is 9.49. The summed E-state index contributed by atoms with van der Waals surface area (Å²) < 4.78 is 5.02.